The van der Waals surface area contributed by atoms with Gasteiger partial charge in [-0.05, 0) is 73.9 Å². The van der Waals surface area contributed by atoms with E-state index in [2.05, 4.69) is 25.2 Å². The number of benzene rings is 2. The number of rotatable bonds is 8. The summed E-state index contributed by atoms with van der Waals surface area (Å²) in [5.41, 5.74) is 6.20. The zero-order valence-electron chi connectivity index (χ0n) is 28.6. The number of pyridine rings is 1. The quantitative estimate of drug-likeness (QED) is 0.182. The number of aromatic nitrogens is 3. The molecule has 5 heterocycles. The van der Waals surface area contributed by atoms with Crippen molar-refractivity contribution < 1.29 is 36.7 Å². The number of ether oxygens (including phenoxy) is 1. The van der Waals surface area contributed by atoms with Gasteiger partial charge in [-0.25, -0.2) is 9.37 Å². The first-order valence-corrected chi connectivity index (χ1v) is 17.4. The van der Waals surface area contributed by atoms with Crippen molar-refractivity contribution in [3.63, 3.8) is 0 Å². The summed E-state index contributed by atoms with van der Waals surface area (Å²) >= 11 is 0. The summed E-state index contributed by atoms with van der Waals surface area (Å²) in [6.07, 6.45) is 1.22. The van der Waals surface area contributed by atoms with Crippen LogP contribution in [0.2, 0.25) is 0 Å². The molecule has 2 aromatic carbocycles. The summed E-state index contributed by atoms with van der Waals surface area (Å²) in [5, 5.41) is 7.75. The second kappa shape index (κ2) is 14.2. The molecule has 3 aliphatic rings. The maximum Gasteiger partial charge on any atom is 0.433 e. The van der Waals surface area contributed by atoms with Crippen LogP contribution in [0.3, 0.4) is 0 Å². The maximum atomic E-state index is 15.2. The molecule has 0 radical (unpaired) electrons. The van der Waals surface area contributed by atoms with E-state index in [4.69, 9.17) is 10.5 Å². The Bertz CT molecular complexity index is 2020. The largest absolute Gasteiger partial charge is 0.496 e. The second-order valence-electron chi connectivity index (χ2n) is 13.8. The van der Waals surface area contributed by atoms with E-state index in [0.29, 0.717) is 34.9 Å². The zero-order chi connectivity index (χ0) is 36.7. The van der Waals surface area contributed by atoms with Crippen LogP contribution in [0.4, 0.5) is 23.2 Å². The number of amides is 3. The molecule has 3 saturated heterocycles. The van der Waals surface area contributed by atoms with Crippen molar-refractivity contribution in [2.45, 2.75) is 56.7 Å². The normalized spacial score (nSPS) is 19.6. The molecule has 7 rings (SSSR count). The van der Waals surface area contributed by atoms with E-state index in [1.165, 1.54) is 19.2 Å². The fourth-order valence-electron chi connectivity index (χ4n) is 7.84. The Morgan fingerprint density at radius 1 is 0.981 bits per heavy atom. The Labute approximate surface area is 297 Å². The van der Waals surface area contributed by atoms with E-state index in [-0.39, 0.29) is 35.7 Å². The van der Waals surface area contributed by atoms with Crippen molar-refractivity contribution in [2.24, 2.45) is 11.7 Å². The lowest BCUT2D eigenvalue weighted by Gasteiger charge is -2.38. The Morgan fingerprint density at radius 2 is 1.73 bits per heavy atom. The summed E-state index contributed by atoms with van der Waals surface area (Å²) in [6, 6.07) is 10.6. The number of hydrogen-bond acceptors (Lipinski definition) is 8. The minimum absolute atomic E-state index is 0.131. The highest BCUT2D eigenvalue weighted by Gasteiger charge is 2.35. The lowest BCUT2D eigenvalue weighted by Crippen LogP contribution is -2.42. The van der Waals surface area contributed by atoms with Gasteiger partial charge in [0.1, 0.15) is 23.0 Å². The molecule has 1 unspecified atom stereocenters. The fourth-order valence-corrected chi connectivity index (χ4v) is 7.84. The fraction of sp³-hybridized carbons (Fsp3) is 0.432. The predicted molar refractivity (Wildman–Crippen MR) is 184 cm³/mol. The molecular weight excluding hydrogens is 682 g/mol. The van der Waals surface area contributed by atoms with Gasteiger partial charge in [0.15, 0.2) is 0 Å². The maximum absolute atomic E-state index is 15.2. The van der Waals surface area contributed by atoms with E-state index in [0.717, 1.165) is 75.4 Å². The molecule has 0 saturated carbocycles. The standard InChI is InChI=1S/C37H39F4N7O4/c1-52-31-18-30-23(16-27(31)26-3-6-32(37(39,40)41)44-34(26)35(42)50)19-43-48(30)24-10-12-46(13-11-24)20-21-8-14-47(15-9-21)29-5-2-22(17-28(29)38)25-4-7-33(49)45-36(25)51/h2-3,5-6,16-19,21,24-25H,4,7-15,20H2,1H3,(H2,42,50)(H,45,49,51). The molecular formula is C37H39F4N7O4. The molecule has 3 amide bonds. The van der Waals surface area contributed by atoms with Gasteiger partial charge >= 0.3 is 6.18 Å². The highest BCUT2D eigenvalue weighted by atomic mass is 19.4. The monoisotopic (exact) mass is 721 g/mol. The number of alkyl halides is 3. The van der Waals surface area contributed by atoms with Gasteiger partial charge < -0.3 is 20.3 Å². The number of methoxy groups -OCH3 is 1. The third-order valence-corrected chi connectivity index (χ3v) is 10.6. The van der Waals surface area contributed by atoms with Crippen LogP contribution in [-0.4, -0.2) is 77.2 Å². The van der Waals surface area contributed by atoms with Gasteiger partial charge in [0.2, 0.25) is 11.8 Å². The summed E-state index contributed by atoms with van der Waals surface area (Å²) in [6.45, 7) is 4.21. The number of carbonyl (C=O) groups is 3. The molecule has 15 heteroatoms. The number of piperidine rings is 3. The molecule has 0 spiro atoms. The molecule has 3 aliphatic heterocycles. The van der Waals surface area contributed by atoms with Crippen molar-refractivity contribution in [2.75, 3.05) is 44.7 Å². The van der Waals surface area contributed by atoms with Crippen molar-refractivity contribution in [3.05, 3.63) is 71.4 Å². The number of fused-ring (bicyclic) bond motifs is 1. The minimum Gasteiger partial charge on any atom is -0.496 e. The molecule has 11 nitrogen and oxygen atoms in total. The van der Waals surface area contributed by atoms with Crippen molar-refractivity contribution in [3.8, 4) is 16.9 Å². The molecule has 4 aromatic rings. The highest BCUT2D eigenvalue weighted by Crippen LogP contribution is 2.39. The molecule has 0 bridgehead atoms. The van der Waals surface area contributed by atoms with E-state index in [1.807, 2.05) is 4.68 Å². The number of nitrogens with zero attached hydrogens (tertiary/aromatic N) is 5. The first kappa shape index (κ1) is 35.4. The van der Waals surface area contributed by atoms with Crippen LogP contribution in [0.1, 0.15) is 72.2 Å². The molecule has 274 valence electrons. The molecule has 2 aromatic heterocycles. The number of halogens is 4. The number of nitrogens with two attached hydrogens (primary N) is 1. The summed E-state index contributed by atoms with van der Waals surface area (Å²) in [7, 11) is 1.45. The van der Waals surface area contributed by atoms with E-state index in [9.17, 15) is 27.6 Å². The van der Waals surface area contributed by atoms with Crippen LogP contribution < -0.4 is 20.7 Å². The second-order valence-corrected chi connectivity index (χ2v) is 13.8. The summed E-state index contributed by atoms with van der Waals surface area (Å²) in [5.74, 6) is -1.78. The van der Waals surface area contributed by atoms with Crippen molar-refractivity contribution in [1.29, 1.82) is 0 Å². The number of primary amides is 1. The van der Waals surface area contributed by atoms with Crippen LogP contribution in [-0.2, 0) is 15.8 Å². The molecule has 1 atom stereocenters. The van der Waals surface area contributed by atoms with Gasteiger partial charge in [0.05, 0.1) is 36.5 Å². The SMILES string of the molecule is COc1cc2c(cnn2C2CCN(CC3CCN(c4ccc(C5CCC(=O)NC5=O)cc4F)CC3)CC2)cc1-c1ccc(C(F)(F)F)nc1C(N)=O. The zero-order valence-corrected chi connectivity index (χ0v) is 28.6. The number of hydrogen-bond donors (Lipinski definition) is 2. The van der Waals surface area contributed by atoms with Crippen molar-refractivity contribution in [1.82, 2.24) is 25.0 Å². The average Bonchev–Trinajstić information content (AvgIpc) is 3.54. The molecule has 0 aliphatic carbocycles. The van der Waals surface area contributed by atoms with Gasteiger partial charge in [-0.3, -0.25) is 24.4 Å². The predicted octanol–water partition coefficient (Wildman–Crippen LogP) is 5.44. The average molecular weight is 722 g/mol. The number of anilines is 1. The lowest BCUT2D eigenvalue weighted by molar-refractivity contribution is -0.141. The van der Waals surface area contributed by atoms with Gasteiger partial charge in [0, 0.05) is 61.7 Å². The van der Waals surface area contributed by atoms with Crippen LogP contribution in [0.5, 0.6) is 5.75 Å². The van der Waals surface area contributed by atoms with Gasteiger partial charge in [-0.2, -0.15) is 18.3 Å². The van der Waals surface area contributed by atoms with Gasteiger partial charge in [-0.1, -0.05) is 6.07 Å². The van der Waals surface area contributed by atoms with Crippen molar-refractivity contribution >= 4 is 34.3 Å². The topological polar surface area (TPSA) is 136 Å². The van der Waals surface area contributed by atoms with E-state index < -0.39 is 29.4 Å². The first-order valence-electron chi connectivity index (χ1n) is 17.4. The highest BCUT2D eigenvalue weighted by molar-refractivity contribution is 6.01. The number of nitrogens with one attached hydrogen (secondary N) is 1. The molecule has 52 heavy (non-hydrogen) atoms. The number of carbonyl (C=O) groups excluding carboxylic acids is 3. The molecule has 3 fully saturated rings. The van der Waals surface area contributed by atoms with Crippen LogP contribution in [0.15, 0.2) is 48.7 Å². The minimum atomic E-state index is -4.73. The third kappa shape index (κ3) is 7.05. The van der Waals surface area contributed by atoms with Crippen LogP contribution in [0, 0.1) is 11.7 Å². The Morgan fingerprint density at radius 3 is 2.38 bits per heavy atom. The first-order chi connectivity index (χ1) is 24.9. The van der Waals surface area contributed by atoms with Crippen LogP contribution in [0.25, 0.3) is 22.0 Å². The number of likely N-dealkylation sites (tertiary alicyclic amines) is 1. The Kier molecular flexibility index (Phi) is 9.63. The Hall–Kier alpha value is -5.05. The van der Waals surface area contributed by atoms with E-state index in [1.54, 1.807) is 30.5 Å². The number of imide groups is 1. The van der Waals surface area contributed by atoms with E-state index >= 15 is 4.39 Å². The summed E-state index contributed by atoms with van der Waals surface area (Å²) < 4.78 is 62.8. The van der Waals surface area contributed by atoms with Gasteiger partial charge in [-0.15, -0.1) is 0 Å². The van der Waals surface area contributed by atoms with Crippen LogP contribution >= 0.6 is 0 Å². The van der Waals surface area contributed by atoms with Gasteiger partial charge in [0.25, 0.3) is 5.91 Å². The molecule has 3 N–H and O–H groups in total. The smallest absolute Gasteiger partial charge is 0.433 e. The lowest BCUT2D eigenvalue weighted by atomic mass is 9.90. The Balaban J connectivity index is 0.963. The summed E-state index contributed by atoms with van der Waals surface area (Å²) in [4.78, 5) is 44.0. The third-order valence-electron chi connectivity index (χ3n) is 10.6.